The third-order valence-electron chi connectivity index (χ3n) is 5.56. The van der Waals surface area contributed by atoms with Gasteiger partial charge in [-0.3, -0.25) is 10.3 Å². The SMILES string of the molecule is C=CC#CCc1cc(N)c(C2=NNC(=C)N2c2ccc3c(ccn3C)c2)cc1C(C)C.CC. The Labute approximate surface area is 197 Å². The fourth-order valence-electron chi connectivity index (χ4n) is 4.00. The van der Waals surface area contributed by atoms with Gasteiger partial charge in [0.05, 0.1) is 0 Å². The maximum absolute atomic E-state index is 6.52. The Morgan fingerprint density at radius 2 is 1.94 bits per heavy atom. The third-order valence-corrected chi connectivity index (χ3v) is 5.56. The molecule has 0 bridgehead atoms. The zero-order chi connectivity index (χ0) is 24.1. The van der Waals surface area contributed by atoms with Gasteiger partial charge >= 0.3 is 0 Å². The van der Waals surface area contributed by atoms with Crippen molar-refractivity contribution >= 4 is 28.1 Å². The number of hydrazone groups is 1. The van der Waals surface area contributed by atoms with Crippen molar-refractivity contribution in [3.63, 3.8) is 0 Å². The molecule has 1 aliphatic rings. The monoisotopic (exact) mass is 439 g/mol. The van der Waals surface area contributed by atoms with Crippen molar-refractivity contribution < 1.29 is 0 Å². The summed E-state index contributed by atoms with van der Waals surface area (Å²) in [5.74, 6) is 7.81. The second-order valence-electron chi connectivity index (χ2n) is 7.99. The molecule has 3 N–H and O–H groups in total. The maximum atomic E-state index is 6.52. The molecule has 5 heteroatoms. The number of fused-ring (bicyclic) bond motifs is 1. The molecule has 4 rings (SSSR count). The Bertz CT molecular complexity index is 1280. The highest BCUT2D eigenvalue weighted by Crippen LogP contribution is 2.32. The molecule has 0 saturated heterocycles. The van der Waals surface area contributed by atoms with Gasteiger partial charge in [0.25, 0.3) is 0 Å². The largest absolute Gasteiger partial charge is 0.398 e. The van der Waals surface area contributed by atoms with E-state index in [2.05, 4.69) is 90.5 Å². The van der Waals surface area contributed by atoms with E-state index < -0.39 is 0 Å². The first-order valence-corrected chi connectivity index (χ1v) is 11.3. The van der Waals surface area contributed by atoms with Crippen molar-refractivity contribution in [3.05, 3.63) is 84.3 Å². The highest BCUT2D eigenvalue weighted by molar-refractivity contribution is 6.16. The molecule has 2 heterocycles. The summed E-state index contributed by atoms with van der Waals surface area (Å²) in [6.07, 6.45) is 4.30. The Morgan fingerprint density at radius 1 is 1.18 bits per heavy atom. The summed E-state index contributed by atoms with van der Waals surface area (Å²) in [6, 6.07) is 12.6. The minimum atomic E-state index is 0.326. The highest BCUT2D eigenvalue weighted by atomic mass is 15.5. The zero-order valence-electron chi connectivity index (χ0n) is 20.2. The van der Waals surface area contributed by atoms with E-state index in [-0.39, 0.29) is 0 Å². The summed E-state index contributed by atoms with van der Waals surface area (Å²) in [5, 5.41) is 5.72. The van der Waals surface area contributed by atoms with Gasteiger partial charge in [-0.1, -0.05) is 52.7 Å². The molecule has 1 aromatic heterocycles. The molecule has 0 fully saturated rings. The van der Waals surface area contributed by atoms with Crippen molar-refractivity contribution in [2.75, 3.05) is 10.6 Å². The van der Waals surface area contributed by atoms with E-state index in [0.717, 1.165) is 28.0 Å². The number of nitrogens with two attached hydrogens (primary N) is 1. The van der Waals surface area contributed by atoms with E-state index >= 15 is 0 Å². The van der Waals surface area contributed by atoms with Crippen LogP contribution in [0.4, 0.5) is 11.4 Å². The molecule has 0 aliphatic carbocycles. The van der Waals surface area contributed by atoms with Crippen LogP contribution in [-0.2, 0) is 13.5 Å². The van der Waals surface area contributed by atoms with Gasteiger partial charge in [-0.05, 0) is 59.5 Å². The van der Waals surface area contributed by atoms with Crippen LogP contribution in [0.3, 0.4) is 0 Å². The van der Waals surface area contributed by atoms with Crippen molar-refractivity contribution in [3.8, 4) is 11.8 Å². The number of aromatic nitrogens is 1. The predicted octanol–water partition coefficient (Wildman–Crippen LogP) is 5.88. The molecule has 0 radical (unpaired) electrons. The Hall–Kier alpha value is -3.91. The second-order valence-corrected chi connectivity index (χ2v) is 7.99. The number of amidine groups is 1. The molecule has 3 aromatic rings. The van der Waals surface area contributed by atoms with Crippen LogP contribution in [0, 0.1) is 11.8 Å². The lowest BCUT2D eigenvalue weighted by Crippen LogP contribution is -2.28. The smallest absolute Gasteiger partial charge is 0.168 e. The number of anilines is 2. The number of nitrogens with one attached hydrogen (secondary N) is 1. The Morgan fingerprint density at radius 3 is 2.64 bits per heavy atom. The van der Waals surface area contributed by atoms with Gasteiger partial charge in [0.15, 0.2) is 5.84 Å². The molecule has 5 nitrogen and oxygen atoms in total. The van der Waals surface area contributed by atoms with Gasteiger partial charge in [-0.15, -0.1) is 0 Å². The second kappa shape index (κ2) is 10.1. The zero-order valence-corrected chi connectivity index (χ0v) is 20.2. The van der Waals surface area contributed by atoms with Crippen LogP contribution in [-0.4, -0.2) is 10.4 Å². The summed E-state index contributed by atoms with van der Waals surface area (Å²) in [4.78, 5) is 2.01. The average Bonchev–Trinajstić information content (AvgIpc) is 3.37. The predicted molar refractivity (Wildman–Crippen MR) is 142 cm³/mol. The van der Waals surface area contributed by atoms with Crippen LogP contribution < -0.4 is 16.1 Å². The topological polar surface area (TPSA) is 58.6 Å². The first-order valence-electron chi connectivity index (χ1n) is 11.3. The van der Waals surface area contributed by atoms with Crippen LogP contribution in [0.15, 0.2) is 72.8 Å². The van der Waals surface area contributed by atoms with E-state index in [4.69, 9.17) is 5.73 Å². The summed E-state index contributed by atoms with van der Waals surface area (Å²) >= 11 is 0. The standard InChI is InChI=1S/C26H27N5.C2H6/c1-6-7-8-9-19-15-24(27)23(16-22(19)17(2)3)26-29-28-18(4)31(26)21-10-11-25-20(14-21)12-13-30(25)5;1-2/h6,10-17,28H,1,4,9,27H2,2-3,5H3;1-2H3. The average molecular weight is 440 g/mol. The van der Waals surface area contributed by atoms with Gasteiger partial charge in [0.2, 0.25) is 0 Å². The fourth-order valence-corrected chi connectivity index (χ4v) is 4.00. The summed E-state index contributed by atoms with van der Waals surface area (Å²) in [7, 11) is 2.04. The molecular weight excluding hydrogens is 406 g/mol. The van der Waals surface area contributed by atoms with Gasteiger partial charge in [0, 0.05) is 47.5 Å². The molecule has 0 unspecified atom stereocenters. The Kier molecular flexibility index (Phi) is 7.30. The van der Waals surface area contributed by atoms with Gasteiger partial charge in [0.1, 0.15) is 5.82 Å². The van der Waals surface area contributed by atoms with Crippen LogP contribution in [0.5, 0.6) is 0 Å². The van der Waals surface area contributed by atoms with Crippen LogP contribution >= 0.6 is 0 Å². The quantitative estimate of drug-likeness (QED) is 0.394. The number of nitrogen functional groups attached to an aromatic ring is 1. The molecule has 2 aromatic carbocycles. The van der Waals surface area contributed by atoms with Crippen molar-refractivity contribution in [1.29, 1.82) is 0 Å². The lowest BCUT2D eigenvalue weighted by atomic mass is 9.91. The lowest BCUT2D eigenvalue weighted by molar-refractivity contribution is 0.851. The van der Waals surface area contributed by atoms with E-state index in [1.807, 2.05) is 31.9 Å². The van der Waals surface area contributed by atoms with E-state index in [9.17, 15) is 0 Å². The summed E-state index contributed by atoms with van der Waals surface area (Å²) in [5.41, 5.74) is 15.6. The first-order chi connectivity index (χ1) is 15.9. The van der Waals surface area contributed by atoms with E-state index in [1.165, 1.54) is 11.1 Å². The van der Waals surface area contributed by atoms with Crippen LogP contribution in [0.25, 0.3) is 10.9 Å². The van der Waals surface area contributed by atoms with Crippen molar-refractivity contribution in [2.24, 2.45) is 12.1 Å². The summed E-state index contributed by atoms with van der Waals surface area (Å²) in [6.45, 7) is 16.2. The molecule has 0 spiro atoms. The molecule has 1 aliphatic heterocycles. The van der Waals surface area contributed by atoms with Gasteiger partial charge < -0.3 is 10.3 Å². The molecule has 33 heavy (non-hydrogen) atoms. The number of benzene rings is 2. The van der Waals surface area contributed by atoms with Crippen molar-refractivity contribution in [2.45, 2.75) is 40.0 Å². The fraction of sp³-hybridized carbons (Fsp3) is 0.250. The molecule has 0 atom stereocenters. The Balaban J connectivity index is 0.00000149. The van der Waals surface area contributed by atoms with Gasteiger partial charge in [-0.2, -0.15) is 5.10 Å². The number of aryl methyl sites for hydroxylation is 1. The third kappa shape index (κ3) is 4.65. The normalized spacial score (nSPS) is 12.6. The first kappa shape index (κ1) is 23.7. The highest BCUT2D eigenvalue weighted by Gasteiger charge is 2.27. The van der Waals surface area contributed by atoms with Crippen molar-refractivity contribution in [1.82, 2.24) is 9.99 Å². The van der Waals surface area contributed by atoms with E-state index in [1.54, 1.807) is 6.08 Å². The number of hydrogen-bond acceptors (Lipinski definition) is 4. The number of nitrogens with zero attached hydrogens (tertiary/aromatic N) is 3. The number of hydrogen-bond donors (Lipinski definition) is 2. The number of allylic oxidation sites excluding steroid dienone is 1. The minimum Gasteiger partial charge on any atom is -0.398 e. The van der Waals surface area contributed by atoms with E-state index in [0.29, 0.717) is 23.8 Å². The maximum Gasteiger partial charge on any atom is 0.168 e. The lowest BCUT2D eigenvalue weighted by Gasteiger charge is -2.23. The summed E-state index contributed by atoms with van der Waals surface area (Å²) < 4.78 is 2.10. The van der Waals surface area contributed by atoms with Crippen LogP contribution in [0.1, 0.15) is 50.3 Å². The van der Waals surface area contributed by atoms with Gasteiger partial charge in [-0.25, -0.2) is 0 Å². The minimum absolute atomic E-state index is 0.326. The molecular formula is C28H33N5. The molecule has 0 saturated carbocycles. The molecule has 170 valence electrons. The number of rotatable bonds is 4. The molecule has 0 amide bonds. The van der Waals surface area contributed by atoms with Crippen LogP contribution in [0.2, 0.25) is 0 Å².